The maximum Gasteiger partial charge on any atom is -0.0351 e. The summed E-state index contributed by atoms with van der Waals surface area (Å²) in [5.74, 6) is 0. The van der Waals surface area contributed by atoms with Gasteiger partial charge in [0.15, 0.2) is 0 Å². The number of allylic oxidation sites excluding steroid dienone is 2. The lowest BCUT2D eigenvalue weighted by Crippen LogP contribution is -1.78. The highest BCUT2D eigenvalue weighted by Gasteiger charge is 1.88. The Kier molecular flexibility index (Phi) is 10.5. The molecule has 0 nitrogen and oxygen atoms in total. The Hall–Kier alpha value is -0.260. The molecule has 0 saturated heterocycles. The molecule has 0 unspecified atom stereocenters. The van der Waals surface area contributed by atoms with E-state index in [2.05, 4.69) is 26.0 Å². The summed E-state index contributed by atoms with van der Waals surface area (Å²) in [4.78, 5) is 0. The van der Waals surface area contributed by atoms with Gasteiger partial charge in [0.25, 0.3) is 0 Å². The summed E-state index contributed by atoms with van der Waals surface area (Å²) >= 11 is 0. The fraction of sp³-hybridized carbons (Fsp3) is 0.750. The van der Waals surface area contributed by atoms with Crippen LogP contribution in [0.15, 0.2) is 12.2 Å². The molecule has 0 spiro atoms. The molecule has 12 heavy (non-hydrogen) atoms. The molecule has 0 aromatic carbocycles. The lowest BCUT2D eigenvalue weighted by atomic mass is 10.1. The van der Waals surface area contributed by atoms with E-state index in [4.69, 9.17) is 0 Å². The van der Waals surface area contributed by atoms with Crippen LogP contribution in [0, 0.1) is 6.92 Å². The van der Waals surface area contributed by atoms with Crippen LogP contribution < -0.4 is 0 Å². The molecule has 0 aromatic rings. The topological polar surface area (TPSA) is 0 Å². The molecular weight excluding hydrogens is 144 g/mol. The summed E-state index contributed by atoms with van der Waals surface area (Å²) in [5, 5.41) is 0. The first kappa shape index (κ1) is 11.7. The van der Waals surface area contributed by atoms with E-state index in [1.807, 2.05) is 0 Å². The molecular formula is C12H23. The van der Waals surface area contributed by atoms with E-state index in [-0.39, 0.29) is 0 Å². The summed E-state index contributed by atoms with van der Waals surface area (Å²) in [6.07, 6.45) is 15.1. The van der Waals surface area contributed by atoms with Crippen LogP contribution >= 0.6 is 0 Å². The molecule has 0 aliphatic heterocycles. The number of unbranched alkanes of at least 4 members (excludes halogenated alkanes) is 7. The van der Waals surface area contributed by atoms with Crippen LogP contribution in [0.5, 0.6) is 0 Å². The average molecular weight is 167 g/mol. The van der Waals surface area contributed by atoms with E-state index >= 15 is 0 Å². The van der Waals surface area contributed by atoms with Gasteiger partial charge in [-0.2, -0.15) is 0 Å². The number of hydrogen-bond acceptors (Lipinski definition) is 0. The van der Waals surface area contributed by atoms with Crippen molar-refractivity contribution < 1.29 is 0 Å². The minimum atomic E-state index is 1.11. The van der Waals surface area contributed by atoms with Crippen molar-refractivity contribution in [2.75, 3.05) is 0 Å². The molecule has 0 aliphatic carbocycles. The Labute approximate surface area is 78.1 Å². The van der Waals surface area contributed by atoms with E-state index in [1.165, 1.54) is 44.9 Å². The molecule has 0 atom stereocenters. The minimum Gasteiger partial charge on any atom is -0.0917 e. The SMILES string of the molecule is [CH2]CCCCCCCCC=CC. The fourth-order valence-corrected chi connectivity index (χ4v) is 1.31. The van der Waals surface area contributed by atoms with Gasteiger partial charge in [-0.25, -0.2) is 0 Å². The Morgan fingerprint density at radius 3 is 2.08 bits per heavy atom. The van der Waals surface area contributed by atoms with Crippen molar-refractivity contribution in [1.29, 1.82) is 0 Å². The third kappa shape index (κ3) is 9.74. The van der Waals surface area contributed by atoms with Gasteiger partial charge in [0.05, 0.1) is 0 Å². The maximum atomic E-state index is 3.83. The van der Waals surface area contributed by atoms with Crippen LogP contribution in [0.2, 0.25) is 0 Å². The molecule has 0 amide bonds. The van der Waals surface area contributed by atoms with Gasteiger partial charge >= 0.3 is 0 Å². The highest BCUT2D eigenvalue weighted by Crippen LogP contribution is 2.08. The third-order valence-electron chi connectivity index (χ3n) is 2.11. The second-order valence-electron chi connectivity index (χ2n) is 3.33. The molecule has 0 fully saturated rings. The smallest absolute Gasteiger partial charge is 0.0351 e. The molecule has 0 heteroatoms. The van der Waals surface area contributed by atoms with Gasteiger partial charge in [-0.15, -0.1) is 0 Å². The Bertz CT molecular complexity index is 92.2. The normalized spacial score (nSPS) is 11.2. The minimum absolute atomic E-state index is 1.11. The summed E-state index contributed by atoms with van der Waals surface area (Å²) in [5.41, 5.74) is 0. The molecule has 0 rings (SSSR count). The lowest BCUT2D eigenvalue weighted by molar-refractivity contribution is 0.599. The molecule has 0 bridgehead atoms. The maximum absolute atomic E-state index is 3.83. The first-order valence-corrected chi connectivity index (χ1v) is 5.32. The Morgan fingerprint density at radius 1 is 0.917 bits per heavy atom. The van der Waals surface area contributed by atoms with Crippen LogP contribution in [0.4, 0.5) is 0 Å². The molecule has 1 radical (unpaired) electrons. The summed E-state index contributed by atoms with van der Waals surface area (Å²) in [7, 11) is 0. The van der Waals surface area contributed by atoms with Crippen molar-refractivity contribution in [1.82, 2.24) is 0 Å². The van der Waals surface area contributed by atoms with Gasteiger partial charge in [0.2, 0.25) is 0 Å². The van der Waals surface area contributed by atoms with Gasteiger partial charge in [-0.3, -0.25) is 0 Å². The van der Waals surface area contributed by atoms with Crippen LogP contribution in [0.1, 0.15) is 58.3 Å². The van der Waals surface area contributed by atoms with Gasteiger partial charge < -0.3 is 0 Å². The monoisotopic (exact) mass is 167 g/mol. The highest BCUT2D eigenvalue weighted by atomic mass is 13.9. The number of rotatable bonds is 8. The first-order chi connectivity index (χ1) is 5.91. The van der Waals surface area contributed by atoms with Crippen LogP contribution in [-0.2, 0) is 0 Å². The zero-order valence-corrected chi connectivity index (χ0v) is 8.52. The predicted molar refractivity (Wildman–Crippen MR) is 57.1 cm³/mol. The third-order valence-corrected chi connectivity index (χ3v) is 2.11. The molecule has 0 aliphatic rings. The van der Waals surface area contributed by atoms with Crippen molar-refractivity contribution in [2.45, 2.75) is 58.3 Å². The van der Waals surface area contributed by atoms with E-state index in [9.17, 15) is 0 Å². The fourth-order valence-electron chi connectivity index (χ4n) is 1.31. The second kappa shape index (κ2) is 10.7. The van der Waals surface area contributed by atoms with Crippen molar-refractivity contribution in [2.24, 2.45) is 0 Å². The standard InChI is InChI=1S/C12H23/c1-3-5-7-9-11-12-10-8-6-4-2/h4,6H,1,3,5,7-12H2,2H3. The van der Waals surface area contributed by atoms with Crippen molar-refractivity contribution in [3.63, 3.8) is 0 Å². The average Bonchev–Trinajstić information content (AvgIpc) is 2.10. The predicted octanol–water partition coefficient (Wildman–Crippen LogP) is 4.52. The lowest BCUT2D eigenvalue weighted by Gasteiger charge is -1.98. The van der Waals surface area contributed by atoms with E-state index in [0.717, 1.165) is 6.42 Å². The molecule has 0 N–H and O–H groups in total. The summed E-state index contributed by atoms with van der Waals surface area (Å²) < 4.78 is 0. The number of hydrogen-bond donors (Lipinski definition) is 0. The van der Waals surface area contributed by atoms with Crippen molar-refractivity contribution in [3.8, 4) is 0 Å². The van der Waals surface area contributed by atoms with Gasteiger partial charge in [-0.1, -0.05) is 57.6 Å². The quantitative estimate of drug-likeness (QED) is 0.368. The van der Waals surface area contributed by atoms with Gasteiger partial charge in [0, 0.05) is 0 Å². The Morgan fingerprint density at radius 2 is 1.50 bits per heavy atom. The zero-order chi connectivity index (χ0) is 9.07. The van der Waals surface area contributed by atoms with E-state index in [0.29, 0.717) is 0 Å². The molecule has 0 aromatic heterocycles. The van der Waals surface area contributed by atoms with Crippen LogP contribution in [0.3, 0.4) is 0 Å². The Balaban J connectivity index is 2.81. The van der Waals surface area contributed by atoms with Crippen molar-refractivity contribution in [3.05, 3.63) is 19.1 Å². The van der Waals surface area contributed by atoms with Gasteiger partial charge in [-0.05, 0) is 19.8 Å². The zero-order valence-electron chi connectivity index (χ0n) is 8.52. The first-order valence-electron chi connectivity index (χ1n) is 5.32. The second-order valence-corrected chi connectivity index (χ2v) is 3.33. The molecule has 0 heterocycles. The molecule has 71 valence electrons. The van der Waals surface area contributed by atoms with Gasteiger partial charge in [0.1, 0.15) is 0 Å². The van der Waals surface area contributed by atoms with E-state index in [1.54, 1.807) is 0 Å². The molecule has 0 saturated carbocycles. The van der Waals surface area contributed by atoms with Crippen LogP contribution in [-0.4, -0.2) is 0 Å². The summed E-state index contributed by atoms with van der Waals surface area (Å²) in [6, 6.07) is 0. The van der Waals surface area contributed by atoms with Crippen LogP contribution in [0.25, 0.3) is 0 Å². The highest BCUT2D eigenvalue weighted by molar-refractivity contribution is 4.76. The van der Waals surface area contributed by atoms with E-state index < -0.39 is 0 Å². The summed E-state index contributed by atoms with van der Waals surface area (Å²) in [6.45, 7) is 5.93. The largest absolute Gasteiger partial charge is 0.0917 e. The van der Waals surface area contributed by atoms with Crippen molar-refractivity contribution >= 4 is 0 Å².